The van der Waals surface area contributed by atoms with Gasteiger partial charge in [0.05, 0.1) is 12.0 Å². The van der Waals surface area contributed by atoms with Gasteiger partial charge < -0.3 is 24.8 Å². The number of carbonyl (C=O) groups is 3. The lowest BCUT2D eigenvalue weighted by molar-refractivity contribution is -0.142. The summed E-state index contributed by atoms with van der Waals surface area (Å²) in [4.78, 5) is 51.9. The lowest BCUT2D eigenvalue weighted by atomic mass is 9.94. The van der Waals surface area contributed by atoms with Crippen molar-refractivity contribution in [2.45, 2.75) is 44.9 Å². The fraction of sp³-hybridized carbons (Fsp3) is 0.379. The molecule has 2 aromatic carbocycles. The highest BCUT2D eigenvalue weighted by molar-refractivity contribution is 7.98. The molecule has 1 aliphatic rings. The first-order valence-corrected chi connectivity index (χ1v) is 14.0. The SMILES string of the molecule is Cc1c(CC(=O)N2CCC(C(=O)N[C@@H](CSCc3ccccc3)C(=O)O)CC2)c(=O)oc2c(C)c(O)ccc12. The Morgan fingerprint density at radius 1 is 1.08 bits per heavy atom. The van der Waals surface area contributed by atoms with Crippen LogP contribution in [0.1, 0.15) is 35.1 Å². The number of piperidine rings is 1. The number of nitrogens with zero attached hydrogens (tertiary/aromatic N) is 1. The Kier molecular flexibility index (Phi) is 8.96. The first-order valence-electron chi connectivity index (χ1n) is 12.8. The highest BCUT2D eigenvalue weighted by Crippen LogP contribution is 2.29. The first kappa shape index (κ1) is 28.2. The molecule has 10 heteroatoms. The van der Waals surface area contributed by atoms with Crippen molar-refractivity contribution in [3.8, 4) is 5.75 Å². The average molecular weight is 553 g/mol. The van der Waals surface area contributed by atoms with E-state index in [9.17, 15) is 29.4 Å². The number of amides is 2. The molecule has 1 saturated heterocycles. The van der Waals surface area contributed by atoms with Crippen molar-refractivity contribution in [1.29, 1.82) is 0 Å². The number of carboxylic acid groups (broad SMARTS) is 1. The molecule has 1 atom stereocenters. The molecule has 2 heterocycles. The fourth-order valence-corrected chi connectivity index (χ4v) is 5.78. The summed E-state index contributed by atoms with van der Waals surface area (Å²) in [6.45, 7) is 4.09. The maximum atomic E-state index is 13.0. The zero-order valence-electron chi connectivity index (χ0n) is 21.9. The summed E-state index contributed by atoms with van der Waals surface area (Å²) < 4.78 is 5.44. The summed E-state index contributed by atoms with van der Waals surface area (Å²) in [6, 6.07) is 11.9. The molecule has 0 unspecified atom stereocenters. The molecule has 1 aliphatic heterocycles. The molecule has 0 aliphatic carbocycles. The topological polar surface area (TPSA) is 137 Å². The number of aryl methyl sites for hydroxylation is 2. The highest BCUT2D eigenvalue weighted by atomic mass is 32.2. The smallest absolute Gasteiger partial charge is 0.340 e. The molecule has 0 saturated carbocycles. The molecule has 0 bridgehead atoms. The number of aromatic hydroxyl groups is 1. The normalized spacial score (nSPS) is 14.8. The largest absolute Gasteiger partial charge is 0.508 e. The lowest BCUT2D eigenvalue weighted by Gasteiger charge is -2.32. The molecule has 0 radical (unpaired) electrons. The van der Waals surface area contributed by atoms with Crippen LogP contribution in [-0.4, -0.2) is 57.8 Å². The van der Waals surface area contributed by atoms with Gasteiger partial charge in [-0.15, -0.1) is 0 Å². The van der Waals surface area contributed by atoms with Crippen LogP contribution in [0.3, 0.4) is 0 Å². The monoisotopic (exact) mass is 552 g/mol. The molecule has 1 fully saturated rings. The summed E-state index contributed by atoms with van der Waals surface area (Å²) >= 11 is 1.45. The van der Waals surface area contributed by atoms with Crippen LogP contribution in [0.25, 0.3) is 11.0 Å². The Morgan fingerprint density at radius 2 is 1.77 bits per heavy atom. The van der Waals surface area contributed by atoms with E-state index in [0.717, 1.165) is 5.56 Å². The third-order valence-corrected chi connectivity index (χ3v) is 8.34. The van der Waals surface area contributed by atoms with Gasteiger partial charge in [-0.25, -0.2) is 9.59 Å². The second-order valence-corrected chi connectivity index (χ2v) is 10.8. The predicted octanol–water partition coefficient (Wildman–Crippen LogP) is 3.40. The molecular weight excluding hydrogens is 520 g/mol. The van der Waals surface area contributed by atoms with Gasteiger partial charge in [-0.05, 0) is 49.9 Å². The van der Waals surface area contributed by atoms with Crippen LogP contribution in [0.2, 0.25) is 0 Å². The summed E-state index contributed by atoms with van der Waals surface area (Å²) in [5.74, 6) is -1.09. The van der Waals surface area contributed by atoms with E-state index in [4.69, 9.17) is 4.42 Å². The van der Waals surface area contributed by atoms with Crippen molar-refractivity contribution in [2.24, 2.45) is 5.92 Å². The number of nitrogens with one attached hydrogen (secondary N) is 1. The van der Waals surface area contributed by atoms with Gasteiger partial charge in [0.2, 0.25) is 11.8 Å². The lowest BCUT2D eigenvalue weighted by Crippen LogP contribution is -2.48. The summed E-state index contributed by atoms with van der Waals surface area (Å²) in [5, 5.41) is 22.8. The van der Waals surface area contributed by atoms with Crippen LogP contribution >= 0.6 is 11.8 Å². The summed E-state index contributed by atoms with van der Waals surface area (Å²) in [6.07, 6.45) is 0.691. The van der Waals surface area contributed by atoms with Crippen molar-refractivity contribution >= 4 is 40.5 Å². The molecular formula is C29H32N2O7S. The van der Waals surface area contributed by atoms with E-state index in [1.165, 1.54) is 17.8 Å². The van der Waals surface area contributed by atoms with E-state index in [1.807, 2.05) is 30.3 Å². The second-order valence-electron chi connectivity index (χ2n) is 9.81. The maximum Gasteiger partial charge on any atom is 0.340 e. The minimum atomic E-state index is -1.08. The van der Waals surface area contributed by atoms with Crippen LogP contribution < -0.4 is 10.9 Å². The van der Waals surface area contributed by atoms with Gasteiger partial charge in [0.15, 0.2) is 0 Å². The molecule has 9 nitrogen and oxygen atoms in total. The number of hydrogen-bond acceptors (Lipinski definition) is 7. The maximum absolute atomic E-state index is 13.0. The van der Waals surface area contributed by atoms with Crippen molar-refractivity contribution in [3.05, 3.63) is 75.1 Å². The van der Waals surface area contributed by atoms with Gasteiger partial charge in [0.1, 0.15) is 17.4 Å². The van der Waals surface area contributed by atoms with E-state index in [2.05, 4.69) is 5.32 Å². The van der Waals surface area contributed by atoms with Crippen LogP contribution in [-0.2, 0) is 26.6 Å². The Balaban J connectivity index is 1.31. The molecule has 4 rings (SSSR count). The van der Waals surface area contributed by atoms with Crippen LogP contribution in [0, 0.1) is 19.8 Å². The van der Waals surface area contributed by atoms with E-state index in [1.54, 1.807) is 24.8 Å². The van der Waals surface area contributed by atoms with E-state index >= 15 is 0 Å². The van der Waals surface area contributed by atoms with Gasteiger partial charge >= 0.3 is 11.6 Å². The van der Waals surface area contributed by atoms with Crippen molar-refractivity contribution in [3.63, 3.8) is 0 Å². The minimum absolute atomic E-state index is 0.0291. The quantitative estimate of drug-likeness (QED) is 0.344. The molecule has 39 heavy (non-hydrogen) atoms. The van der Waals surface area contributed by atoms with Crippen molar-refractivity contribution in [2.75, 3.05) is 18.8 Å². The van der Waals surface area contributed by atoms with E-state index in [-0.39, 0.29) is 35.3 Å². The Morgan fingerprint density at radius 3 is 2.44 bits per heavy atom. The summed E-state index contributed by atoms with van der Waals surface area (Å²) in [7, 11) is 0. The number of phenols is 1. The third-order valence-electron chi connectivity index (χ3n) is 7.23. The fourth-order valence-electron chi connectivity index (χ4n) is 4.77. The minimum Gasteiger partial charge on any atom is -0.508 e. The molecule has 3 aromatic rings. The first-order chi connectivity index (χ1) is 18.7. The number of hydrogen-bond donors (Lipinski definition) is 3. The van der Waals surface area contributed by atoms with Gasteiger partial charge in [-0.3, -0.25) is 9.59 Å². The molecule has 2 amide bonds. The number of carboxylic acids is 1. The van der Waals surface area contributed by atoms with Gasteiger partial charge in [-0.2, -0.15) is 11.8 Å². The van der Waals surface area contributed by atoms with Gasteiger partial charge in [-0.1, -0.05) is 30.3 Å². The second kappa shape index (κ2) is 12.4. The number of benzene rings is 2. The number of likely N-dealkylation sites (tertiary alicyclic amines) is 1. The standard InChI is InChI=1S/C29H32N2O7S/c1-17-21-8-9-24(32)18(2)26(21)38-29(37)22(17)14-25(33)31-12-10-20(11-13-31)27(34)30-23(28(35)36)16-39-15-19-6-4-3-5-7-19/h3-9,20,23,32H,10-16H2,1-2H3,(H,30,34)(H,35,36)/t23-/m0/s1. The Bertz CT molecular complexity index is 1430. The number of thioether (sulfide) groups is 1. The number of phenolic OH excluding ortho intramolecular Hbond substituents is 1. The molecule has 3 N–H and O–H groups in total. The third kappa shape index (κ3) is 6.62. The molecule has 0 spiro atoms. The molecule has 206 valence electrons. The highest BCUT2D eigenvalue weighted by Gasteiger charge is 2.30. The zero-order valence-corrected chi connectivity index (χ0v) is 22.8. The van der Waals surface area contributed by atoms with Crippen LogP contribution in [0.15, 0.2) is 51.7 Å². The Hall–Kier alpha value is -3.79. The number of aliphatic carboxylic acids is 1. The number of carbonyl (C=O) groups excluding carboxylic acids is 2. The van der Waals surface area contributed by atoms with Gasteiger partial charge in [0, 0.05) is 41.5 Å². The van der Waals surface area contributed by atoms with Crippen molar-refractivity contribution < 1.29 is 29.0 Å². The van der Waals surface area contributed by atoms with Crippen LogP contribution in [0.5, 0.6) is 5.75 Å². The summed E-state index contributed by atoms with van der Waals surface area (Å²) in [5.41, 5.74) is 2.15. The average Bonchev–Trinajstić information content (AvgIpc) is 2.93. The van der Waals surface area contributed by atoms with Gasteiger partial charge in [0.25, 0.3) is 0 Å². The Labute approximate surface area is 230 Å². The van der Waals surface area contributed by atoms with E-state index in [0.29, 0.717) is 53.8 Å². The number of rotatable bonds is 9. The predicted molar refractivity (Wildman–Crippen MR) is 149 cm³/mol. The van der Waals surface area contributed by atoms with Crippen LogP contribution in [0.4, 0.5) is 0 Å². The zero-order chi connectivity index (χ0) is 28.1. The molecule has 1 aromatic heterocycles. The van der Waals surface area contributed by atoms with Crippen molar-refractivity contribution in [1.82, 2.24) is 10.2 Å². The number of fused-ring (bicyclic) bond motifs is 1. The van der Waals surface area contributed by atoms with E-state index < -0.39 is 23.6 Å².